The summed E-state index contributed by atoms with van der Waals surface area (Å²) in [6, 6.07) is 12.4. The summed E-state index contributed by atoms with van der Waals surface area (Å²) in [4.78, 5) is 141. The Morgan fingerprint density at radius 1 is 0.453 bits per heavy atom. The fourth-order valence-corrected chi connectivity index (χ4v) is 7.82. The first-order valence-electron chi connectivity index (χ1n) is 22.7. The van der Waals surface area contributed by atoms with Crippen molar-refractivity contribution in [2.75, 3.05) is 76.6 Å². The van der Waals surface area contributed by atoms with Gasteiger partial charge in [0.1, 0.15) is 43.5 Å². The molecule has 0 saturated heterocycles. The Bertz CT molecular complexity index is 2610. The molecule has 0 bridgehead atoms. The number of Topliss-reactive ketones (excluding diaryl/α,β-unsaturated/α-hetero) is 1. The molecule has 1 aliphatic heterocycles. The number of fused-ring (bicyclic) bond motifs is 6. The van der Waals surface area contributed by atoms with Crippen molar-refractivity contribution in [3.63, 3.8) is 0 Å². The van der Waals surface area contributed by atoms with Crippen LogP contribution in [0.1, 0.15) is 100.0 Å². The van der Waals surface area contributed by atoms with Gasteiger partial charge < -0.3 is 66.6 Å². The standard InChI is InChI=1S/C50H54N2O23/c1-28(53)13-14-64-34-9-11-37-40(15-34)49(7,8)41-16-35(70-23-65-29(2)54)10-12-38(41)50(37)39-18-43(52(21-46(61)73-26-68-32(5)57)22-47(62)74-27-69-33(6)58)42(17-36(39)48(63)75-50)51(19-44(59)71-24-66-30(3)55)20-45(60)72-25-67-31(4)56/h9-12,15-18H,13-14,19-27H2,1-8H3. The summed E-state index contributed by atoms with van der Waals surface area (Å²) in [7, 11) is 0. The summed E-state index contributed by atoms with van der Waals surface area (Å²) in [6.45, 7) is 3.09. The van der Waals surface area contributed by atoms with E-state index in [-0.39, 0.29) is 47.1 Å². The minimum atomic E-state index is -1.93. The highest BCUT2D eigenvalue weighted by Gasteiger charge is 2.56. The smallest absolute Gasteiger partial charge is 0.340 e. The second-order valence-corrected chi connectivity index (χ2v) is 17.0. The molecule has 0 N–H and O–H groups in total. The third-order valence-corrected chi connectivity index (χ3v) is 11.1. The number of hydrogen-bond acceptors (Lipinski definition) is 25. The monoisotopic (exact) mass is 1050 g/mol. The Balaban J connectivity index is 1.84. The number of ether oxygens (including phenoxy) is 12. The summed E-state index contributed by atoms with van der Waals surface area (Å²) in [6.07, 6.45) is 0.0995. The highest BCUT2D eigenvalue weighted by atomic mass is 16.7. The third-order valence-electron chi connectivity index (χ3n) is 11.1. The van der Waals surface area contributed by atoms with Crippen molar-refractivity contribution in [2.24, 2.45) is 0 Å². The van der Waals surface area contributed by atoms with Gasteiger partial charge in [-0.25, -0.2) is 4.79 Å². The number of ketones is 1. The van der Waals surface area contributed by atoms with Crippen molar-refractivity contribution in [2.45, 2.75) is 72.8 Å². The molecular weight excluding hydrogens is 997 g/mol. The van der Waals surface area contributed by atoms with Gasteiger partial charge in [-0.1, -0.05) is 26.0 Å². The van der Waals surface area contributed by atoms with Gasteiger partial charge in [-0.2, -0.15) is 0 Å². The molecule has 0 saturated carbocycles. The van der Waals surface area contributed by atoms with Gasteiger partial charge in [0.15, 0.2) is 5.60 Å². The zero-order chi connectivity index (χ0) is 55.2. The van der Waals surface area contributed by atoms with E-state index in [1.807, 2.05) is 13.8 Å². The predicted octanol–water partition coefficient (Wildman–Crippen LogP) is 2.91. The van der Waals surface area contributed by atoms with E-state index >= 15 is 0 Å². The molecule has 3 aromatic rings. The largest absolute Gasteiger partial charge is 0.493 e. The fraction of sp³-hybridized carbons (Fsp3) is 0.420. The Kier molecular flexibility index (Phi) is 19.2. The van der Waals surface area contributed by atoms with Crippen LogP contribution in [0.5, 0.6) is 11.5 Å². The molecule has 0 fully saturated rings. The van der Waals surface area contributed by atoms with E-state index in [9.17, 15) is 52.7 Å². The first-order valence-corrected chi connectivity index (χ1v) is 22.7. The van der Waals surface area contributed by atoms with Crippen LogP contribution < -0.4 is 19.3 Å². The number of carbonyl (C=O) groups is 11. The number of rotatable bonds is 25. The maximum absolute atomic E-state index is 14.8. The Labute approximate surface area is 428 Å². The maximum Gasteiger partial charge on any atom is 0.340 e. The van der Waals surface area contributed by atoms with E-state index < -0.39 is 131 Å². The first-order chi connectivity index (χ1) is 35.4. The van der Waals surface area contributed by atoms with Crippen LogP contribution >= 0.6 is 0 Å². The van der Waals surface area contributed by atoms with Gasteiger partial charge in [0.25, 0.3) is 0 Å². The van der Waals surface area contributed by atoms with E-state index in [4.69, 9.17) is 56.8 Å². The lowest BCUT2D eigenvalue weighted by Crippen LogP contribution is -2.42. The van der Waals surface area contributed by atoms with E-state index in [1.54, 1.807) is 36.4 Å². The number of hydrogen-bond donors (Lipinski definition) is 0. The van der Waals surface area contributed by atoms with Crippen LogP contribution in [0.4, 0.5) is 11.4 Å². The Morgan fingerprint density at radius 2 is 0.827 bits per heavy atom. The summed E-state index contributed by atoms with van der Waals surface area (Å²) in [5, 5.41) is 0. The van der Waals surface area contributed by atoms with E-state index in [0.717, 1.165) is 37.5 Å². The SMILES string of the molecule is CC(=O)CCOc1ccc2c(c1)C(C)(C)c1cc(OCOC(C)=O)ccc1C21OC(=O)c2cc(N(CC(=O)OCOC(C)=O)CC(=O)OCOC(C)=O)c(N(CC(=O)OCOC(C)=O)CC(=O)OCOC(C)=O)cc21. The van der Waals surface area contributed by atoms with Gasteiger partial charge in [-0.3, -0.25) is 47.9 Å². The van der Waals surface area contributed by atoms with Crippen molar-refractivity contribution < 1.29 is 110 Å². The lowest BCUT2D eigenvalue weighted by molar-refractivity contribution is -0.167. The topological polar surface area (TPSA) is 305 Å². The quantitative estimate of drug-likeness (QED) is 0.0669. The molecule has 1 unspecified atom stereocenters. The third kappa shape index (κ3) is 14.9. The van der Waals surface area contributed by atoms with Crippen molar-refractivity contribution >= 4 is 76.9 Å². The average molecular weight is 1050 g/mol. The van der Waals surface area contributed by atoms with Crippen LogP contribution in [-0.2, 0) is 106 Å². The summed E-state index contributed by atoms with van der Waals surface area (Å²) in [5.74, 6) is -8.87. The summed E-state index contributed by atoms with van der Waals surface area (Å²) in [5.41, 5.74) is -1.74. The van der Waals surface area contributed by atoms with Crippen molar-refractivity contribution in [3.05, 3.63) is 81.9 Å². The lowest BCUT2D eigenvalue weighted by Gasteiger charge is -2.45. The molecule has 3 aromatic carbocycles. The molecule has 0 aromatic heterocycles. The van der Waals surface area contributed by atoms with Crippen LogP contribution in [0.2, 0.25) is 0 Å². The minimum Gasteiger partial charge on any atom is -0.493 e. The van der Waals surface area contributed by atoms with Crippen molar-refractivity contribution in [1.29, 1.82) is 0 Å². The summed E-state index contributed by atoms with van der Waals surface area (Å²) >= 11 is 0. The highest BCUT2D eigenvalue weighted by Crippen LogP contribution is 2.58. The lowest BCUT2D eigenvalue weighted by atomic mass is 9.61. The second-order valence-electron chi connectivity index (χ2n) is 17.0. The van der Waals surface area contributed by atoms with Crippen LogP contribution in [0.25, 0.3) is 0 Å². The molecule has 402 valence electrons. The van der Waals surface area contributed by atoms with Gasteiger partial charge in [0, 0.05) is 63.1 Å². The van der Waals surface area contributed by atoms with Crippen LogP contribution in [0, 0.1) is 0 Å². The number of carbonyl (C=O) groups excluding carboxylic acids is 11. The maximum atomic E-state index is 14.8. The highest BCUT2D eigenvalue weighted by molar-refractivity contribution is 6.01. The van der Waals surface area contributed by atoms with Crippen LogP contribution in [0.3, 0.4) is 0 Å². The molecule has 1 aliphatic carbocycles. The molecule has 1 spiro atoms. The molecular formula is C50H54N2O23. The summed E-state index contributed by atoms with van der Waals surface area (Å²) < 4.78 is 63.0. The Morgan fingerprint density at radius 3 is 1.21 bits per heavy atom. The molecule has 25 nitrogen and oxygen atoms in total. The van der Waals surface area contributed by atoms with E-state index in [2.05, 4.69) is 0 Å². The van der Waals surface area contributed by atoms with Gasteiger partial charge in [0.05, 0.1) is 23.5 Å². The van der Waals surface area contributed by atoms with Crippen molar-refractivity contribution in [3.8, 4) is 11.5 Å². The predicted molar refractivity (Wildman–Crippen MR) is 250 cm³/mol. The van der Waals surface area contributed by atoms with Crippen LogP contribution in [-0.4, -0.2) is 132 Å². The van der Waals surface area contributed by atoms with Gasteiger partial charge in [0.2, 0.25) is 34.0 Å². The second kappa shape index (κ2) is 25.3. The number of esters is 10. The molecule has 25 heteroatoms. The zero-order valence-electron chi connectivity index (χ0n) is 42.2. The molecule has 5 rings (SSSR count). The molecule has 0 radical (unpaired) electrons. The first kappa shape index (κ1) is 57.1. The molecule has 75 heavy (non-hydrogen) atoms. The van der Waals surface area contributed by atoms with Crippen LogP contribution in [0.15, 0.2) is 48.5 Å². The average Bonchev–Trinajstić information content (AvgIpc) is 3.60. The molecule has 0 amide bonds. The zero-order valence-corrected chi connectivity index (χ0v) is 42.2. The fourth-order valence-electron chi connectivity index (χ4n) is 7.82. The Hall–Kier alpha value is -8.77. The normalized spacial score (nSPS) is 14.2. The molecule has 2 aliphatic rings. The van der Waals surface area contributed by atoms with E-state index in [0.29, 0.717) is 28.0 Å². The molecule has 1 atom stereocenters. The van der Waals surface area contributed by atoms with Crippen molar-refractivity contribution in [1.82, 2.24) is 0 Å². The minimum absolute atomic E-state index is 0.0297. The van der Waals surface area contributed by atoms with Gasteiger partial charge in [-0.15, -0.1) is 0 Å². The van der Waals surface area contributed by atoms with E-state index in [1.165, 1.54) is 26.0 Å². The number of benzene rings is 3. The number of anilines is 2. The van der Waals surface area contributed by atoms with Gasteiger partial charge in [-0.05, 0) is 54.4 Å². The van der Waals surface area contributed by atoms with Gasteiger partial charge >= 0.3 is 59.7 Å². The number of nitrogens with zero attached hydrogens (tertiary/aromatic N) is 2. The molecule has 1 heterocycles.